The van der Waals surface area contributed by atoms with E-state index in [2.05, 4.69) is 39.1 Å². The van der Waals surface area contributed by atoms with Crippen LogP contribution in [0, 0.1) is 6.92 Å². The van der Waals surface area contributed by atoms with Crippen molar-refractivity contribution in [2.24, 2.45) is 5.10 Å². The Morgan fingerprint density at radius 2 is 1.79 bits per heavy atom. The predicted molar refractivity (Wildman–Crippen MR) is 118 cm³/mol. The van der Waals surface area contributed by atoms with Crippen molar-refractivity contribution in [1.82, 2.24) is 9.97 Å². The molecule has 0 bridgehead atoms. The van der Waals surface area contributed by atoms with Crippen molar-refractivity contribution in [2.45, 2.75) is 19.4 Å². The molecule has 2 aromatic carbocycles. The molecule has 1 atom stereocenters. The molecule has 0 spiro atoms. The Morgan fingerprint density at radius 3 is 2.41 bits per heavy atom. The first kappa shape index (κ1) is 19.2. The summed E-state index contributed by atoms with van der Waals surface area (Å²) in [5.74, 6) is 0.445. The van der Waals surface area contributed by atoms with Crippen LogP contribution >= 0.6 is 11.6 Å². The lowest BCUT2D eigenvalue weighted by Gasteiger charge is -2.23. The standard InChI is InChI=1S/C22H22ClN5O/c1-14-12-21(29)25-22(24-14)28-20(16-6-10-18(11-7-16)27(2)3)13-19(26-28)15-4-8-17(23)9-5-15/h4-12,20H,13H2,1-3H3,(H,24,25,29). The van der Waals surface area contributed by atoms with Crippen molar-refractivity contribution in [3.8, 4) is 0 Å². The van der Waals surface area contributed by atoms with Crippen molar-refractivity contribution >= 4 is 28.9 Å². The molecule has 7 heteroatoms. The molecule has 0 radical (unpaired) electrons. The Bertz CT molecular complexity index is 1100. The summed E-state index contributed by atoms with van der Waals surface area (Å²) < 4.78 is 0. The smallest absolute Gasteiger partial charge is 0.252 e. The van der Waals surface area contributed by atoms with E-state index in [4.69, 9.17) is 16.7 Å². The van der Waals surface area contributed by atoms with Crippen LogP contribution < -0.4 is 15.5 Å². The molecule has 29 heavy (non-hydrogen) atoms. The van der Waals surface area contributed by atoms with Crippen molar-refractivity contribution < 1.29 is 0 Å². The van der Waals surface area contributed by atoms with Gasteiger partial charge in [0.2, 0.25) is 5.95 Å². The van der Waals surface area contributed by atoms with E-state index >= 15 is 0 Å². The van der Waals surface area contributed by atoms with E-state index in [0.29, 0.717) is 23.1 Å². The van der Waals surface area contributed by atoms with Gasteiger partial charge in [0.1, 0.15) is 0 Å². The number of nitrogens with one attached hydrogen (secondary N) is 1. The number of nitrogens with zero attached hydrogens (tertiary/aromatic N) is 4. The van der Waals surface area contributed by atoms with Gasteiger partial charge < -0.3 is 4.90 Å². The van der Waals surface area contributed by atoms with Crippen LogP contribution in [0.5, 0.6) is 0 Å². The number of benzene rings is 2. The van der Waals surface area contributed by atoms with Gasteiger partial charge in [-0.3, -0.25) is 9.78 Å². The quantitative estimate of drug-likeness (QED) is 0.705. The highest BCUT2D eigenvalue weighted by atomic mass is 35.5. The summed E-state index contributed by atoms with van der Waals surface area (Å²) >= 11 is 6.04. The van der Waals surface area contributed by atoms with Crippen molar-refractivity contribution in [1.29, 1.82) is 0 Å². The monoisotopic (exact) mass is 407 g/mol. The summed E-state index contributed by atoms with van der Waals surface area (Å²) in [6.45, 7) is 1.81. The summed E-state index contributed by atoms with van der Waals surface area (Å²) in [4.78, 5) is 21.4. The average molecular weight is 408 g/mol. The van der Waals surface area contributed by atoms with Gasteiger partial charge in [-0.15, -0.1) is 0 Å². The number of halogens is 1. The SMILES string of the molecule is Cc1cc(=O)[nH]c(N2N=C(c3ccc(Cl)cc3)CC2c2ccc(N(C)C)cc2)n1. The van der Waals surface area contributed by atoms with Gasteiger partial charge in [0.25, 0.3) is 5.56 Å². The molecule has 4 rings (SSSR count). The molecule has 6 nitrogen and oxygen atoms in total. The van der Waals surface area contributed by atoms with Crippen LogP contribution in [0.3, 0.4) is 0 Å². The van der Waals surface area contributed by atoms with E-state index in [1.807, 2.05) is 43.4 Å². The van der Waals surface area contributed by atoms with Gasteiger partial charge >= 0.3 is 0 Å². The normalized spacial score (nSPS) is 16.1. The second-order valence-electron chi connectivity index (χ2n) is 7.31. The molecule has 0 saturated carbocycles. The Labute approximate surface area is 174 Å². The fourth-order valence-electron chi connectivity index (χ4n) is 3.45. The van der Waals surface area contributed by atoms with E-state index in [0.717, 1.165) is 22.5 Å². The summed E-state index contributed by atoms with van der Waals surface area (Å²) in [5, 5.41) is 7.31. The van der Waals surface area contributed by atoms with Gasteiger partial charge in [-0.05, 0) is 42.3 Å². The van der Waals surface area contributed by atoms with Gasteiger partial charge in [0.15, 0.2) is 0 Å². The Morgan fingerprint density at radius 1 is 1.10 bits per heavy atom. The number of hydrazone groups is 1. The van der Waals surface area contributed by atoms with Crippen LogP contribution in [-0.2, 0) is 0 Å². The minimum Gasteiger partial charge on any atom is -0.378 e. The van der Waals surface area contributed by atoms with Crippen molar-refractivity contribution in [3.05, 3.63) is 86.8 Å². The zero-order valence-electron chi connectivity index (χ0n) is 16.6. The number of hydrogen-bond donors (Lipinski definition) is 1. The maximum atomic E-state index is 12.0. The second-order valence-corrected chi connectivity index (χ2v) is 7.75. The molecule has 0 saturated heterocycles. The lowest BCUT2D eigenvalue weighted by atomic mass is 9.98. The molecule has 1 aliphatic rings. The van der Waals surface area contributed by atoms with Crippen LogP contribution in [0.4, 0.5) is 11.6 Å². The highest BCUT2D eigenvalue weighted by molar-refractivity contribution is 6.30. The predicted octanol–water partition coefficient (Wildman–Crippen LogP) is 4.15. The number of anilines is 2. The van der Waals surface area contributed by atoms with Gasteiger partial charge in [-0.25, -0.2) is 9.99 Å². The van der Waals surface area contributed by atoms with E-state index in [1.165, 1.54) is 6.07 Å². The number of hydrogen-bond acceptors (Lipinski definition) is 5. The summed E-state index contributed by atoms with van der Waals surface area (Å²) in [6.07, 6.45) is 0.695. The highest BCUT2D eigenvalue weighted by Gasteiger charge is 2.31. The average Bonchev–Trinajstić information content (AvgIpc) is 3.13. The van der Waals surface area contributed by atoms with E-state index in [9.17, 15) is 4.79 Å². The van der Waals surface area contributed by atoms with Crippen molar-refractivity contribution in [3.63, 3.8) is 0 Å². The molecular weight excluding hydrogens is 386 g/mol. The number of aromatic nitrogens is 2. The van der Waals surface area contributed by atoms with Gasteiger partial charge in [-0.1, -0.05) is 35.9 Å². The largest absolute Gasteiger partial charge is 0.378 e. The summed E-state index contributed by atoms with van der Waals surface area (Å²) in [7, 11) is 4.03. The second kappa shape index (κ2) is 7.72. The maximum absolute atomic E-state index is 12.0. The Kier molecular flexibility index (Phi) is 5.11. The Balaban J connectivity index is 1.76. The van der Waals surface area contributed by atoms with Crippen LogP contribution in [-0.4, -0.2) is 29.8 Å². The molecule has 1 N–H and O–H groups in total. The molecule has 0 amide bonds. The third-order valence-electron chi connectivity index (χ3n) is 4.96. The molecule has 0 aliphatic carbocycles. The van der Waals surface area contributed by atoms with Gasteiger partial charge in [0.05, 0.1) is 11.8 Å². The molecule has 0 fully saturated rings. The fraction of sp³-hybridized carbons (Fsp3) is 0.227. The van der Waals surface area contributed by atoms with E-state index < -0.39 is 0 Å². The van der Waals surface area contributed by atoms with Crippen LogP contribution in [0.15, 0.2) is 64.5 Å². The van der Waals surface area contributed by atoms with Crippen LogP contribution in [0.2, 0.25) is 5.02 Å². The fourth-order valence-corrected chi connectivity index (χ4v) is 3.57. The third kappa shape index (κ3) is 4.03. The molecule has 2 heterocycles. The Hall–Kier alpha value is -3.12. The van der Waals surface area contributed by atoms with Crippen LogP contribution in [0.1, 0.15) is 29.3 Å². The number of H-pyrrole nitrogens is 1. The first-order valence-corrected chi connectivity index (χ1v) is 9.76. The third-order valence-corrected chi connectivity index (χ3v) is 5.21. The van der Waals surface area contributed by atoms with E-state index in [-0.39, 0.29) is 11.6 Å². The zero-order valence-corrected chi connectivity index (χ0v) is 17.3. The van der Waals surface area contributed by atoms with E-state index in [1.54, 1.807) is 6.92 Å². The lowest BCUT2D eigenvalue weighted by molar-refractivity contribution is 0.683. The zero-order chi connectivity index (χ0) is 20.5. The van der Waals surface area contributed by atoms with Crippen molar-refractivity contribution in [2.75, 3.05) is 24.0 Å². The minimum atomic E-state index is -0.190. The molecule has 1 aromatic heterocycles. The topological polar surface area (TPSA) is 64.6 Å². The van der Waals surface area contributed by atoms with Gasteiger partial charge in [0, 0.05) is 43.0 Å². The van der Waals surface area contributed by atoms with Gasteiger partial charge in [-0.2, -0.15) is 5.10 Å². The first-order valence-electron chi connectivity index (χ1n) is 9.38. The number of aromatic amines is 1. The molecule has 1 aliphatic heterocycles. The lowest BCUT2D eigenvalue weighted by Crippen LogP contribution is -2.24. The molecular formula is C22H22ClN5O. The summed E-state index contributed by atoms with van der Waals surface area (Å²) in [6, 6.07) is 17.4. The highest BCUT2D eigenvalue weighted by Crippen LogP contribution is 2.35. The molecule has 3 aromatic rings. The first-order chi connectivity index (χ1) is 13.9. The maximum Gasteiger partial charge on any atom is 0.252 e. The minimum absolute atomic E-state index is 0.0677. The summed E-state index contributed by atoms with van der Waals surface area (Å²) in [5.41, 5.74) is 4.62. The number of aryl methyl sites for hydroxylation is 1. The molecule has 1 unspecified atom stereocenters. The molecule has 148 valence electrons. The number of rotatable bonds is 4. The van der Waals surface area contributed by atoms with Crippen LogP contribution in [0.25, 0.3) is 0 Å².